The van der Waals surface area contributed by atoms with Crippen LogP contribution in [-0.4, -0.2) is 25.9 Å². The average molecular weight is 496 g/mol. The molecule has 146 valence electrons. The number of hydrogen-bond donors (Lipinski definition) is 0. The van der Waals surface area contributed by atoms with Gasteiger partial charge in [0.15, 0.2) is 0 Å². The summed E-state index contributed by atoms with van der Waals surface area (Å²) in [7, 11) is 0. The molecule has 1 aliphatic carbocycles. The average Bonchev–Trinajstić information content (AvgIpc) is 3.15. The van der Waals surface area contributed by atoms with E-state index in [4.69, 9.17) is 4.74 Å². The highest BCUT2D eigenvalue weighted by Crippen LogP contribution is 2.36. The molecule has 0 aliphatic heterocycles. The Balaban J connectivity index is 1.53. The molecule has 1 aliphatic rings. The van der Waals surface area contributed by atoms with Gasteiger partial charge in [0.25, 0.3) is 6.43 Å². The number of alkyl halides is 2. The fourth-order valence-electron chi connectivity index (χ4n) is 3.60. The first kappa shape index (κ1) is 19.2. The van der Waals surface area contributed by atoms with E-state index in [0.29, 0.717) is 17.4 Å². The molecule has 0 amide bonds. The van der Waals surface area contributed by atoms with Gasteiger partial charge in [0.05, 0.1) is 0 Å². The fourth-order valence-corrected chi connectivity index (χ4v) is 3.96. The van der Waals surface area contributed by atoms with Crippen molar-refractivity contribution in [2.75, 3.05) is 0 Å². The van der Waals surface area contributed by atoms with E-state index in [1.54, 1.807) is 6.20 Å². The zero-order valence-electron chi connectivity index (χ0n) is 15.0. The highest BCUT2D eigenvalue weighted by Gasteiger charge is 2.30. The molecule has 1 saturated carbocycles. The van der Waals surface area contributed by atoms with Gasteiger partial charge in [-0.25, -0.2) is 13.8 Å². The Morgan fingerprint density at radius 2 is 1.75 bits per heavy atom. The van der Waals surface area contributed by atoms with Crippen LogP contribution in [0.5, 0.6) is 5.88 Å². The minimum Gasteiger partial charge on any atom is -0.474 e. The van der Waals surface area contributed by atoms with Crippen LogP contribution in [0, 0.1) is 3.57 Å². The second-order valence-electron chi connectivity index (χ2n) is 6.79. The molecule has 3 aromatic rings. The monoisotopic (exact) mass is 496 g/mol. The molecule has 0 spiro atoms. The van der Waals surface area contributed by atoms with Crippen LogP contribution in [0.2, 0.25) is 0 Å². The molecule has 0 unspecified atom stereocenters. The van der Waals surface area contributed by atoms with Crippen molar-refractivity contribution in [1.29, 1.82) is 0 Å². The molecule has 1 aromatic carbocycles. The van der Waals surface area contributed by atoms with E-state index in [9.17, 15) is 8.78 Å². The van der Waals surface area contributed by atoms with Gasteiger partial charge in [0.1, 0.15) is 11.9 Å². The molecule has 0 atom stereocenters. The predicted octanol–water partition coefficient (Wildman–Crippen LogP) is 5.31. The molecule has 28 heavy (non-hydrogen) atoms. The summed E-state index contributed by atoms with van der Waals surface area (Å²) in [4.78, 5) is 4.20. The first-order chi connectivity index (χ1) is 13.6. The molecule has 8 heteroatoms. The molecule has 5 nitrogen and oxygen atoms in total. The number of rotatable bonds is 5. The topological polar surface area (TPSA) is 52.8 Å². The van der Waals surface area contributed by atoms with E-state index in [-0.39, 0.29) is 17.8 Å². The van der Waals surface area contributed by atoms with Gasteiger partial charge in [-0.05, 0) is 78.6 Å². The Labute approximate surface area is 175 Å². The molecule has 4 rings (SSSR count). The second kappa shape index (κ2) is 8.50. The lowest BCUT2D eigenvalue weighted by molar-refractivity contribution is 0.134. The van der Waals surface area contributed by atoms with Crippen molar-refractivity contribution in [2.24, 2.45) is 0 Å². The Morgan fingerprint density at radius 3 is 2.39 bits per heavy atom. The molecular weight excluding hydrogens is 477 g/mol. The van der Waals surface area contributed by atoms with Gasteiger partial charge < -0.3 is 4.74 Å². The maximum Gasteiger partial charge on any atom is 0.297 e. The van der Waals surface area contributed by atoms with E-state index in [2.05, 4.69) is 37.8 Å². The van der Waals surface area contributed by atoms with Gasteiger partial charge in [0, 0.05) is 27.4 Å². The Hall–Kier alpha value is -2.10. The number of nitrogens with zero attached hydrogens (tertiary/aromatic N) is 4. The van der Waals surface area contributed by atoms with E-state index in [1.165, 1.54) is 4.57 Å². The maximum absolute atomic E-state index is 13.5. The lowest BCUT2D eigenvalue weighted by Gasteiger charge is -2.28. The van der Waals surface area contributed by atoms with Crippen LogP contribution in [0.15, 0.2) is 48.7 Å². The van der Waals surface area contributed by atoms with Crippen LogP contribution in [0.25, 0.3) is 5.69 Å². The van der Waals surface area contributed by atoms with E-state index < -0.39 is 6.43 Å². The largest absolute Gasteiger partial charge is 0.474 e. The minimum atomic E-state index is -2.68. The lowest BCUT2D eigenvalue weighted by atomic mass is 9.86. The Morgan fingerprint density at radius 1 is 1.00 bits per heavy atom. The molecule has 2 aromatic heterocycles. The SMILES string of the molecule is FC(F)c1nnc(C2CCC(Oc3ccccn3)CC2)n1-c1ccc(I)cc1. The molecule has 0 radical (unpaired) electrons. The highest BCUT2D eigenvalue weighted by atomic mass is 127. The van der Waals surface area contributed by atoms with E-state index in [1.807, 2.05) is 42.5 Å². The van der Waals surface area contributed by atoms with Crippen molar-refractivity contribution >= 4 is 22.6 Å². The summed E-state index contributed by atoms with van der Waals surface area (Å²) in [5.74, 6) is 0.992. The summed E-state index contributed by atoms with van der Waals surface area (Å²) in [6.07, 6.45) is 2.37. The zero-order valence-corrected chi connectivity index (χ0v) is 17.2. The van der Waals surface area contributed by atoms with Crippen LogP contribution >= 0.6 is 22.6 Å². The molecule has 0 bridgehead atoms. The number of hydrogen-bond acceptors (Lipinski definition) is 4. The van der Waals surface area contributed by atoms with Crippen molar-refractivity contribution in [3.05, 3.63) is 63.9 Å². The second-order valence-corrected chi connectivity index (χ2v) is 8.03. The molecular formula is C20H19F2IN4O. The summed E-state index contributed by atoms with van der Waals surface area (Å²) in [6.45, 7) is 0. The third kappa shape index (κ3) is 4.16. The van der Waals surface area contributed by atoms with E-state index >= 15 is 0 Å². The number of halogens is 3. The molecule has 2 heterocycles. The fraction of sp³-hybridized carbons (Fsp3) is 0.350. The van der Waals surface area contributed by atoms with Crippen LogP contribution in [0.1, 0.15) is 49.7 Å². The van der Waals surface area contributed by atoms with Crippen molar-refractivity contribution in [3.8, 4) is 11.6 Å². The molecule has 1 fully saturated rings. The zero-order chi connectivity index (χ0) is 19.5. The normalized spacial score (nSPS) is 19.7. The Bertz CT molecular complexity index is 910. The van der Waals surface area contributed by atoms with Gasteiger partial charge in [-0.3, -0.25) is 4.57 Å². The summed E-state index contributed by atoms with van der Waals surface area (Å²) < 4.78 is 35.5. The molecule has 0 saturated heterocycles. The van der Waals surface area contributed by atoms with Gasteiger partial charge in [-0.15, -0.1) is 10.2 Å². The standard InChI is InChI=1S/C20H19F2IN4O/c21-18(22)20-26-25-19(27(20)15-8-6-14(23)7-9-15)13-4-10-16(11-5-13)28-17-3-1-2-12-24-17/h1-3,6-9,12-13,16,18H,4-5,10-11H2. The summed E-state index contributed by atoms with van der Waals surface area (Å²) in [5, 5.41) is 7.94. The number of ether oxygens (including phenoxy) is 1. The number of aromatic nitrogens is 4. The van der Waals surface area contributed by atoms with Gasteiger partial charge in [-0.1, -0.05) is 6.07 Å². The van der Waals surface area contributed by atoms with Crippen LogP contribution < -0.4 is 4.74 Å². The van der Waals surface area contributed by atoms with E-state index in [0.717, 1.165) is 29.3 Å². The van der Waals surface area contributed by atoms with Gasteiger partial charge in [-0.2, -0.15) is 0 Å². The first-order valence-electron chi connectivity index (χ1n) is 9.19. The number of benzene rings is 1. The molecule has 0 N–H and O–H groups in total. The minimum absolute atomic E-state index is 0.0721. The van der Waals surface area contributed by atoms with Crippen molar-refractivity contribution < 1.29 is 13.5 Å². The lowest BCUT2D eigenvalue weighted by Crippen LogP contribution is -2.25. The first-order valence-corrected chi connectivity index (χ1v) is 10.3. The summed E-state index contributed by atoms with van der Waals surface area (Å²) in [6, 6.07) is 13.0. The summed E-state index contributed by atoms with van der Waals surface area (Å²) in [5.41, 5.74) is 0.669. The van der Waals surface area contributed by atoms with Crippen LogP contribution in [-0.2, 0) is 0 Å². The maximum atomic E-state index is 13.5. The van der Waals surface area contributed by atoms with Crippen LogP contribution in [0.4, 0.5) is 8.78 Å². The van der Waals surface area contributed by atoms with Gasteiger partial charge in [0.2, 0.25) is 11.7 Å². The van der Waals surface area contributed by atoms with Crippen LogP contribution in [0.3, 0.4) is 0 Å². The third-order valence-corrected chi connectivity index (χ3v) is 5.68. The van der Waals surface area contributed by atoms with Gasteiger partial charge >= 0.3 is 0 Å². The smallest absolute Gasteiger partial charge is 0.297 e. The summed E-state index contributed by atoms with van der Waals surface area (Å²) >= 11 is 2.19. The quantitative estimate of drug-likeness (QED) is 0.450. The van der Waals surface area contributed by atoms with Crippen molar-refractivity contribution in [3.63, 3.8) is 0 Å². The van der Waals surface area contributed by atoms with Crippen molar-refractivity contribution in [1.82, 2.24) is 19.7 Å². The number of pyridine rings is 1. The van der Waals surface area contributed by atoms with Crippen molar-refractivity contribution in [2.45, 2.75) is 44.1 Å². The predicted molar refractivity (Wildman–Crippen MR) is 109 cm³/mol. The highest BCUT2D eigenvalue weighted by molar-refractivity contribution is 14.1. The third-order valence-electron chi connectivity index (χ3n) is 4.96. The Kier molecular flexibility index (Phi) is 5.84.